The first kappa shape index (κ1) is 18.8. The summed E-state index contributed by atoms with van der Waals surface area (Å²) in [5.74, 6) is -1.07. The van der Waals surface area contributed by atoms with Crippen molar-refractivity contribution in [3.05, 3.63) is 88.0 Å². The molecule has 1 atom stereocenters. The van der Waals surface area contributed by atoms with Gasteiger partial charge in [-0.2, -0.15) is 0 Å². The summed E-state index contributed by atoms with van der Waals surface area (Å²) in [5.41, 5.74) is 1.14. The summed E-state index contributed by atoms with van der Waals surface area (Å²) in [5, 5.41) is 16.1. The molecule has 9 heteroatoms. The Morgan fingerprint density at radius 2 is 1.75 bits per heavy atom. The van der Waals surface area contributed by atoms with Crippen LogP contribution in [0, 0.1) is 10.1 Å². The number of benzene rings is 2. The Balaban J connectivity index is 1.70. The smallest absolute Gasteiger partial charge is 0.276 e. The van der Waals surface area contributed by atoms with Gasteiger partial charge in [0, 0.05) is 17.8 Å². The van der Waals surface area contributed by atoms with Crippen LogP contribution in [-0.2, 0) is 0 Å². The van der Waals surface area contributed by atoms with E-state index in [1.54, 1.807) is 0 Å². The van der Waals surface area contributed by atoms with Gasteiger partial charge in [-0.05, 0) is 24.6 Å². The monoisotopic (exact) mass is 379 g/mol. The minimum absolute atomic E-state index is 0.0298. The van der Waals surface area contributed by atoms with E-state index in [4.69, 9.17) is 0 Å². The zero-order chi connectivity index (χ0) is 20.1. The van der Waals surface area contributed by atoms with E-state index in [1.807, 2.05) is 37.3 Å². The van der Waals surface area contributed by atoms with Crippen LogP contribution in [0.3, 0.4) is 0 Å². The van der Waals surface area contributed by atoms with Crippen molar-refractivity contribution in [1.29, 1.82) is 0 Å². The van der Waals surface area contributed by atoms with Crippen LogP contribution in [0.5, 0.6) is 0 Å². The van der Waals surface area contributed by atoms with Gasteiger partial charge in [0.2, 0.25) is 0 Å². The summed E-state index contributed by atoms with van der Waals surface area (Å²) < 4.78 is 0. The van der Waals surface area contributed by atoms with Crippen molar-refractivity contribution in [3.8, 4) is 0 Å². The van der Waals surface area contributed by atoms with Gasteiger partial charge in [0.1, 0.15) is 5.69 Å². The van der Waals surface area contributed by atoms with Crippen LogP contribution in [-0.4, -0.2) is 26.7 Å². The van der Waals surface area contributed by atoms with Crippen LogP contribution < -0.4 is 10.6 Å². The molecule has 0 unspecified atom stereocenters. The van der Waals surface area contributed by atoms with Gasteiger partial charge in [-0.25, -0.2) is 4.98 Å². The van der Waals surface area contributed by atoms with Gasteiger partial charge in [0.25, 0.3) is 17.5 Å². The summed E-state index contributed by atoms with van der Waals surface area (Å²) in [6.07, 6.45) is 1.26. The highest BCUT2D eigenvalue weighted by molar-refractivity contribution is 6.10. The third kappa shape index (κ3) is 4.21. The van der Waals surface area contributed by atoms with Gasteiger partial charge in [-0.15, -0.1) is 0 Å². The number of H-pyrrole nitrogens is 1. The van der Waals surface area contributed by atoms with Gasteiger partial charge >= 0.3 is 0 Å². The number of nitrogens with zero attached hydrogens (tertiary/aromatic N) is 2. The first-order valence-electron chi connectivity index (χ1n) is 8.40. The number of aromatic amines is 1. The number of anilines is 1. The van der Waals surface area contributed by atoms with E-state index >= 15 is 0 Å². The molecular formula is C19H17N5O4. The highest BCUT2D eigenvalue weighted by Gasteiger charge is 2.22. The highest BCUT2D eigenvalue weighted by Crippen LogP contribution is 2.17. The predicted octanol–water partition coefficient (Wildman–Crippen LogP) is 3.06. The lowest BCUT2D eigenvalue weighted by molar-refractivity contribution is -0.384. The van der Waals surface area contributed by atoms with Crippen molar-refractivity contribution in [3.63, 3.8) is 0 Å². The fourth-order valence-corrected chi connectivity index (χ4v) is 2.59. The van der Waals surface area contributed by atoms with E-state index in [0.29, 0.717) is 5.69 Å². The molecule has 0 aliphatic rings. The second kappa shape index (κ2) is 8.12. The summed E-state index contributed by atoms with van der Waals surface area (Å²) in [4.78, 5) is 41.8. The quantitative estimate of drug-likeness (QED) is 0.448. The van der Waals surface area contributed by atoms with Crippen molar-refractivity contribution >= 4 is 23.2 Å². The Morgan fingerprint density at radius 1 is 1.07 bits per heavy atom. The van der Waals surface area contributed by atoms with Crippen molar-refractivity contribution < 1.29 is 14.5 Å². The Hall–Kier alpha value is -4.01. The standard InChI is InChI=1S/C19H17N5O4/c1-12(13-5-3-2-4-6-13)22-18(25)16-17(21-11-20-16)19(26)23-14-7-9-15(10-8-14)24(27)28/h2-12H,1H3,(H,20,21)(H,22,25)(H,23,26)/t12-/m1/s1. The molecule has 0 fully saturated rings. The minimum Gasteiger partial charge on any atom is -0.344 e. The molecule has 2 aromatic carbocycles. The molecular weight excluding hydrogens is 362 g/mol. The molecule has 1 aromatic heterocycles. The third-order valence-electron chi connectivity index (χ3n) is 4.06. The van der Waals surface area contributed by atoms with Crippen LogP contribution in [0.15, 0.2) is 60.9 Å². The van der Waals surface area contributed by atoms with E-state index in [2.05, 4.69) is 20.6 Å². The number of hydrogen-bond acceptors (Lipinski definition) is 5. The van der Waals surface area contributed by atoms with Crippen molar-refractivity contribution in [2.75, 3.05) is 5.32 Å². The van der Waals surface area contributed by atoms with E-state index in [9.17, 15) is 19.7 Å². The van der Waals surface area contributed by atoms with E-state index in [-0.39, 0.29) is 23.1 Å². The normalized spacial score (nSPS) is 11.5. The lowest BCUT2D eigenvalue weighted by atomic mass is 10.1. The minimum atomic E-state index is -0.604. The van der Waals surface area contributed by atoms with Crippen LogP contribution in [0.25, 0.3) is 0 Å². The molecule has 3 N–H and O–H groups in total. The molecule has 0 aliphatic heterocycles. The summed E-state index contributed by atoms with van der Waals surface area (Å²) in [7, 11) is 0. The van der Waals surface area contributed by atoms with Crippen molar-refractivity contribution in [1.82, 2.24) is 15.3 Å². The number of carbonyl (C=O) groups is 2. The van der Waals surface area contributed by atoms with Gasteiger partial charge in [0.15, 0.2) is 5.69 Å². The van der Waals surface area contributed by atoms with E-state index in [1.165, 1.54) is 30.6 Å². The fourth-order valence-electron chi connectivity index (χ4n) is 2.59. The molecule has 0 spiro atoms. The number of aromatic nitrogens is 2. The number of nitro benzene ring substituents is 1. The number of carbonyl (C=O) groups excluding carboxylic acids is 2. The number of non-ortho nitro benzene ring substituents is 1. The topological polar surface area (TPSA) is 130 Å². The van der Waals surface area contributed by atoms with E-state index in [0.717, 1.165) is 5.56 Å². The molecule has 0 saturated heterocycles. The molecule has 0 bridgehead atoms. The Kier molecular flexibility index (Phi) is 5.45. The molecule has 3 rings (SSSR count). The fraction of sp³-hybridized carbons (Fsp3) is 0.105. The first-order chi connectivity index (χ1) is 13.5. The van der Waals surface area contributed by atoms with Gasteiger partial charge in [-0.1, -0.05) is 30.3 Å². The van der Waals surface area contributed by atoms with Gasteiger partial charge in [-0.3, -0.25) is 19.7 Å². The lowest BCUT2D eigenvalue weighted by Crippen LogP contribution is -2.29. The third-order valence-corrected chi connectivity index (χ3v) is 4.06. The second-order valence-corrected chi connectivity index (χ2v) is 5.99. The molecule has 142 valence electrons. The molecule has 9 nitrogen and oxygen atoms in total. The summed E-state index contributed by atoms with van der Waals surface area (Å²) in [6, 6.07) is 14.5. The number of rotatable bonds is 6. The molecule has 28 heavy (non-hydrogen) atoms. The van der Waals surface area contributed by atoms with Crippen LogP contribution >= 0.6 is 0 Å². The Labute approximate surface area is 160 Å². The van der Waals surface area contributed by atoms with E-state index < -0.39 is 16.7 Å². The highest BCUT2D eigenvalue weighted by atomic mass is 16.6. The number of hydrogen-bond donors (Lipinski definition) is 3. The molecule has 0 radical (unpaired) electrons. The summed E-state index contributed by atoms with van der Waals surface area (Å²) in [6.45, 7) is 1.83. The van der Waals surface area contributed by atoms with Crippen LogP contribution in [0.1, 0.15) is 39.5 Å². The Morgan fingerprint density at radius 3 is 2.39 bits per heavy atom. The maximum absolute atomic E-state index is 12.5. The number of nitrogens with one attached hydrogen (secondary N) is 3. The van der Waals surface area contributed by atoms with Crippen LogP contribution in [0.4, 0.5) is 11.4 Å². The number of amides is 2. The molecule has 3 aromatic rings. The zero-order valence-corrected chi connectivity index (χ0v) is 14.9. The largest absolute Gasteiger partial charge is 0.344 e. The lowest BCUT2D eigenvalue weighted by Gasteiger charge is -2.14. The summed E-state index contributed by atoms with van der Waals surface area (Å²) >= 11 is 0. The maximum atomic E-state index is 12.5. The first-order valence-corrected chi connectivity index (χ1v) is 8.40. The molecule has 0 aliphatic carbocycles. The van der Waals surface area contributed by atoms with Gasteiger partial charge in [0.05, 0.1) is 17.3 Å². The molecule has 2 amide bonds. The maximum Gasteiger partial charge on any atom is 0.276 e. The number of imidazole rings is 1. The van der Waals surface area contributed by atoms with Crippen LogP contribution in [0.2, 0.25) is 0 Å². The average molecular weight is 379 g/mol. The molecule has 0 saturated carbocycles. The SMILES string of the molecule is C[C@@H](NC(=O)c1[nH]cnc1C(=O)Nc1ccc([N+](=O)[O-])cc1)c1ccccc1. The van der Waals surface area contributed by atoms with Crippen molar-refractivity contribution in [2.24, 2.45) is 0 Å². The van der Waals surface area contributed by atoms with Crippen molar-refractivity contribution in [2.45, 2.75) is 13.0 Å². The molecule has 1 heterocycles. The predicted molar refractivity (Wildman–Crippen MR) is 102 cm³/mol. The average Bonchev–Trinajstić information content (AvgIpc) is 3.19. The zero-order valence-electron chi connectivity index (χ0n) is 14.9. The number of nitro groups is 1. The second-order valence-electron chi connectivity index (χ2n) is 5.99. The Bertz CT molecular complexity index is 999. The van der Waals surface area contributed by atoms with Gasteiger partial charge < -0.3 is 15.6 Å².